The average molecular weight is 269 g/mol. The van der Waals surface area contributed by atoms with Gasteiger partial charge in [0.25, 0.3) is 0 Å². The highest BCUT2D eigenvalue weighted by atomic mass is 16.6. The van der Waals surface area contributed by atoms with E-state index >= 15 is 0 Å². The van der Waals surface area contributed by atoms with Crippen LogP contribution in [0.5, 0.6) is 0 Å². The summed E-state index contributed by atoms with van der Waals surface area (Å²) in [5.74, 6) is -0.811. The fraction of sp³-hybridized carbons (Fsp3) is 0.846. The van der Waals surface area contributed by atoms with Crippen molar-refractivity contribution < 1.29 is 23.8 Å². The van der Waals surface area contributed by atoms with E-state index < -0.39 is 17.4 Å². The second-order valence-corrected chi connectivity index (χ2v) is 5.65. The Morgan fingerprint density at radius 3 is 2.47 bits per heavy atom. The fourth-order valence-corrected chi connectivity index (χ4v) is 3.20. The van der Waals surface area contributed by atoms with Crippen LogP contribution in [0.3, 0.4) is 0 Å². The van der Waals surface area contributed by atoms with Gasteiger partial charge in [-0.1, -0.05) is 0 Å². The normalized spacial score (nSPS) is 39.6. The van der Waals surface area contributed by atoms with Crippen molar-refractivity contribution >= 4 is 11.9 Å². The first-order chi connectivity index (χ1) is 9.10. The third-order valence-corrected chi connectivity index (χ3v) is 4.14. The second-order valence-electron chi connectivity index (χ2n) is 5.65. The molecule has 0 N–H and O–H groups in total. The standard InChI is InChI=1S/C13H19NO5/c1-9-6-13(11(15)18-9)7-10(19-12(13)16)8-14-2-4-17-5-3-14/h9-10H,2-8H2,1H3. The van der Waals surface area contributed by atoms with Crippen LogP contribution >= 0.6 is 0 Å². The third-order valence-electron chi connectivity index (χ3n) is 4.14. The maximum Gasteiger partial charge on any atom is 0.324 e. The van der Waals surface area contributed by atoms with Crippen molar-refractivity contribution in [2.75, 3.05) is 32.8 Å². The molecular weight excluding hydrogens is 250 g/mol. The summed E-state index contributed by atoms with van der Waals surface area (Å²) in [6.45, 7) is 5.62. The molecule has 3 atom stereocenters. The topological polar surface area (TPSA) is 65.1 Å². The van der Waals surface area contributed by atoms with Crippen LogP contribution in [0, 0.1) is 5.41 Å². The molecule has 3 aliphatic heterocycles. The van der Waals surface area contributed by atoms with Crippen molar-refractivity contribution in [3.63, 3.8) is 0 Å². The molecule has 0 radical (unpaired) electrons. The lowest BCUT2D eigenvalue weighted by Crippen LogP contribution is -2.41. The monoisotopic (exact) mass is 269 g/mol. The molecule has 0 saturated carbocycles. The first kappa shape index (κ1) is 12.9. The van der Waals surface area contributed by atoms with Crippen LogP contribution < -0.4 is 0 Å². The van der Waals surface area contributed by atoms with Crippen LogP contribution in [-0.4, -0.2) is 61.9 Å². The van der Waals surface area contributed by atoms with Crippen molar-refractivity contribution in [3.05, 3.63) is 0 Å². The number of ether oxygens (including phenoxy) is 3. The highest BCUT2D eigenvalue weighted by molar-refractivity contribution is 6.02. The van der Waals surface area contributed by atoms with Gasteiger partial charge >= 0.3 is 11.9 Å². The van der Waals surface area contributed by atoms with Gasteiger partial charge in [0.1, 0.15) is 12.2 Å². The van der Waals surface area contributed by atoms with Gasteiger partial charge in [-0.05, 0) is 6.92 Å². The summed E-state index contributed by atoms with van der Waals surface area (Å²) < 4.78 is 15.8. The summed E-state index contributed by atoms with van der Waals surface area (Å²) in [5.41, 5.74) is -1.03. The summed E-state index contributed by atoms with van der Waals surface area (Å²) in [6.07, 6.45) is 0.502. The van der Waals surface area contributed by atoms with Crippen LogP contribution in [0.2, 0.25) is 0 Å². The molecule has 3 saturated heterocycles. The summed E-state index contributed by atoms with van der Waals surface area (Å²) in [6, 6.07) is 0. The van der Waals surface area contributed by atoms with Gasteiger partial charge in [-0.25, -0.2) is 0 Å². The Morgan fingerprint density at radius 1 is 1.16 bits per heavy atom. The minimum absolute atomic E-state index is 0.192. The molecule has 0 aromatic heterocycles. The molecule has 0 aromatic rings. The van der Waals surface area contributed by atoms with E-state index in [0.717, 1.165) is 13.1 Å². The van der Waals surface area contributed by atoms with Gasteiger partial charge in [-0.15, -0.1) is 0 Å². The van der Waals surface area contributed by atoms with Crippen LogP contribution in [-0.2, 0) is 23.8 Å². The van der Waals surface area contributed by atoms with Crippen molar-refractivity contribution in [1.82, 2.24) is 4.90 Å². The van der Waals surface area contributed by atoms with Crippen LogP contribution in [0.4, 0.5) is 0 Å². The molecular formula is C13H19NO5. The molecule has 3 unspecified atom stereocenters. The highest BCUT2D eigenvalue weighted by Gasteiger charge is 2.60. The molecule has 3 rings (SSSR count). The molecule has 3 aliphatic rings. The molecule has 3 heterocycles. The molecule has 0 amide bonds. The first-order valence-electron chi connectivity index (χ1n) is 6.82. The van der Waals surface area contributed by atoms with Crippen LogP contribution in [0.1, 0.15) is 19.8 Å². The van der Waals surface area contributed by atoms with Gasteiger partial charge in [-0.2, -0.15) is 0 Å². The maximum atomic E-state index is 12.0. The minimum atomic E-state index is -1.03. The van der Waals surface area contributed by atoms with E-state index in [-0.39, 0.29) is 12.2 Å². The van der Waals surface area contributed by atoms with E-state index in [1.807, 2.05) is 6.92 Å². The van der Waals surface area contributed by atoms with Crippen LogP contribution in [0.15, 0.2) is 0 Å². The number of carbonyl (C=O) groups excluding carboxylic acids is 2. The Kier molecular flexibility index (Phi) is 3.22. The van der Waals surface area contributed by atoms with E-state index in [4.69, 9.17) is 14.2 Å². The van der Waals surface area contributed by atoms with Crippen molar-refractivity contribution in [2.45, 2.75) is 32.0 Å². The SMILES string of the molecule is CC1CC2(CC(CN3CCOCC3)OC2=O)C(=O)O1. The molecule has 1 spiro atoms. The molecule has 0 aliphatic carbocycles. The van der Waals surface area contributed by atoms with Crippen molar-refractivity contribution in [1.29, 1.82) is 0 Å². The lowest BCUT2D eigenvalue weighted by Gasteiger charge is -2.28. The zero-order valence-corrected chi connectivity index (χ0v) is 11.1. The molecule has 6 nitrogen and oxygen atoms in total. The van der Waals surface area contributed by atoms with Gasteiger partial charge < -0.3 is 14.2 Å². The zero-order valence-electron chi connectivity index (χ0n) is 11.1. The first-order valence-corrected chi connectivity index (χ1v) is 6.82. The van der Waals surface area contributed by atoms with Gasteiger partial charge in [0.05, 0.1) is 13.2 Å². The number of cyclic esters (lactones) is 2. The Balaban J connectivity index is 1.64. The number of morpholine rings is 1. The molecule has 6 heteroatoms. The Hall–Kier alpha value is -1.14. The maximum absolute atomic E-state index is 12.0. The Labute approximate surface area is 112 Å². The van der Waals surface area contributed by atoms with Gasteiger partial charge in [0.2, 0.25) is 0 Å². The summed E-state index contributed by atoms with van der Waals surface area (Å²) in [7, 11) is 0. The number of esters is 2. The molecule has 106 valence electrons. The minimum Gasteiger partial charge on any atom is -0.462 e. The van der Waals surface area contributed by atoms with E-state index in [1.54, 1.807) is 0 Å². The predicted octanol–water partition coefficient (Wildman–Crippen LogP) is -0.0441. The third kappa shape index (κ3) is 2.23. The second kappa shape index (κ2) is 4.76. The highest BCUT2D eigenvalue weighted by Crippen LogP contribution is 2.44. The van der Waals surface area contributed by atoms with Crippen molar-refractivity contribution in [2.24, 2.45) is 5.41 Å². The van der Waals surface area contributed by atoms with Gasteiger partial charge in [0, 0.05) is 32.5 Å². The molecule has 19 heavy (non-hydrogen) atoms. The smallest absolute Gasteiger partial charge is 0.324 e. The molecule has 3 fully saturated rings. The largest absolute Gasteiger partial charge is 0.462 e. The average Bonchev–Trinajstić information content (AvgIpc) is 2.82. The predicted molar refractivity (Wildman–Crippen MR) is 64.4 cm³/mol. The summed E-state index contributed by atoms with van der Waals surface area (Å²) >= 11 is 0. The summed E-state index contributed by atoms with van der Waals surface area (Å²) in [5, 5.41) is 0. The van der Waals surface area contributed by atoms with E-state index in [0.29, 0.717) is 32.6 Å². The Bertz CT molecular complexity index is 392. The fourth-order valence-electron chi connectivity index (χ4n) is 3.20. The quantitative estimate of drug-likeness (QED) is 0.517. The van der Waals surface area contributed by atoms with E-state index in [1.165, 1.54) is 0 Å². The lowest BCUT2D eigenvalue weighted by atomic mass is 9.82. The van der Waals surface area contributed by atoms with E-state index in [2.05, 4.69) is 4.90 Å². The zero-order chi connectivity index (χ0) is 13.5. The molecule has 0 aromatic carbocycles. The van der Waals surface area contributed by atoms with Crippen LogP contribution in [0.25, 0.3) is 0 Å². The Morgan fingerprint density at radius 2 is 1.84 bits per heavy atom. The number of nitrogens with zero attached hydrogens (tertiary/aromatic N) is 1. The number of hydrogen-bond donors (Lipinski definition) is 0. The molecule has 0 bridgehead atoms. The number of hydrogen-bond acceptors (Lipinski definition) is 6. The number of rotatable bonds is 2. The lowest BCUT2D eigenvalue weighted by molar-refractivity contribution is -0.158. The van der Waals surface area contributed by atoms with Gasteiger partial charge in [-0.3, -0.25) is 14.5 Å². The van der Waals surface area contributed by atoms with E-state index in [9.17, 15) is 9.59 Å². The van der Waals surface area contributed by atoms with Gasteiger partial charge in [0.15, 0.2) is 5.41 Å². The van der Waals surface area contributed by atoms with Crippen molar-refractivity contribution in [3.8, 4) is 0 Å². The summed E-state index contributed by atoms with van der Waals surface area (Å²) in [4.78, 5) is 26.2. The number of carbonyl (C=O) groups is 2.